The number of amides is 1. The van der Waals surface area contributed by atoms with E-state index in [2.05, 4.69) is 10.1 Å². The van der Waals surface area contributed by atoms with E-state index in [9.17, 15) is 4.79 Å². The van der Waals surface area contributed by atoms with E-state index in [1.165, 1.54) is 0 Å². The lowest BCUT2D eigenvalue weighted by atomic mass is 10.2. The molecule has 1 aromatic carbocycles. The summed E-state index contributed by atoms with van der Waals surface area (Å²) in [5, 5.41) is 4.09. The molecule has 1 aliphatic rings. The van der Waals surface area contributed by atoms with Crippen molar-refractivity contribution in [1.82, 2.24) is 15.0 Å². The highest BCUT2D eigenvalue weighted by Gasteiger charge is 2.32. The maximum Gasteiger partial charge on any atom is 0.410 e. The molecule has 0 N–H and O–H groups in total. The van der Waals surface area contributed by atoms with E-state index in [1.807, 2.05) is 62.9 Å². The Labute approximate surface area is 147 Å². The van der Waals surface area contributed by atoms with Crippen LogP contribution in [0.1, 0.15) is 27.7 Å². The molecule has 0 spiro atoms. The Morgan fingerprint density at radius 1 is 1.24 bits per heavy atom. The van der Waals surface area contributed by atoms with Crippen molar-refractivity contribution in [2.45, 2.75) is 39.3 Å². The molecule has 1 amide bonds. The van der Waals surface area contributed by atoms with E-state index in [-0.39, 0.29) is 12.1 Å². The van der Waals surface area contributed by atoms with Gasteiger partial charge in [-0.2, -0.15) is 4.98 Å². The molecular formula is C18H24N4O3. The summed E-state index contributed by atoms with van der Waals surface area (Å²) in [6, 6.07) is 9.67. The van der Waals surface area contributed by atoms with Crippen LogP contribution in [-0.4, -0.2) is 52.4 Å². The molecule has 3 rings (SSSR count). The van der Waals surface area contributed by atoms with Crippen molar-refractivity contribution < 1.29 is 14.1 Å². The summed E-state index contributed by atoms with van der Waals surface area (Å²) >= 11 is 0. The van der Waals surface area contributed by atoms with E-state index in [0.717, 1.165) is 5.56 Å². The van der Waals surface area contributed by atoms with E-state index in [0.29, 0.717) is 31.5 Å². The van der Waals surface area contributed by atoms with Crippen LogP contribution in [-0.2, 0) is 4.74 Å². The third-order valence-electron chi connectivity index (χ3n) is 3.97. The summed E-state index contributed by atoms with van der Waals surface area (Å²) in [4.78, 5) is 20.6. The van der Waals surface area contributed by atoms with Crippen molar-refractivity contribution >= 4 is 12.0 Å². The summed E-state index contributed by atoms with van der Waals surface area (Å²) in [7, 11) is 0. The van der Waals surface area contributed by atoms with Crippen molar-refractivity contribution in [3.63, 3.8) is 0 Å². The number of aromatic nitrogens is 2. The van der Waals surface area contributed by atoms with Crippen molar-refractivity contribution in [2.24, 2.45) is 0 Å². The molecule has 0 aliphatic carbocycles. The van der Waals surface area contributed by atoms with Gasteiger partial charge in [0, 0.05) is 31.2 Å². The molecule has 25 heavy (non-hydrogen) atoms. The van der Waals surface area contributed by atoms with Gasteiger partial charge in [0.15, 0.2) is 0 Å². The predicted molar refractivity (Wildman–Crippen MR) is 94.3 cm³/mol. The van der Waals surface area contributed by atoms with Crippen LogP contribution in [0.2, 0.25) is 0 Å². The first-order valence-corrected chi connectivity index (χ1v) is 8.47. The van der Waals surface area contributed by atoms with Crippen LogP contribution in [0.3, 0.4) is 0 Å². The van der Waals surface area contributed by atoms with Gasteiger partial charge in [0.2, 0.25) is 0 Å². The second-order valence-electron chi connectivity index (χ2n) is 7.23. The molecule has 1 aliphatic heterocycles. The molecule has 1 saturated heterocycles. The molecule has 2 aromatic rings. The Hall–Kier alpha value is -2.57. The lowest BCUT2D eigenvalue weighted by molar-refractivity contribution is 0.0158. The predicted octanol–water partition coefficient (Wildman–Crippen LogP) is 3.18. The minimum atomic E-state index is -0.494. The molecule has 0 bridgehead atoms. The number of ether oxygens (including phenoxy) is 1. The highest BCUT2D eigenvalue weighted by molar-refractivity contribution is 5.69. The van der Waals surface area contributed by atoms with Gasteiger partial charge in [0.25, 0.3) is 11.8 Å². The Morgan fingerprint density at radius 2 is 1.96 bits per heavy atom. The van der Waals surface area contributed by atoms with Crippen molar-refractivity contribution in [1.29, 1.82) is 0 Å². The molecule has 7 nitrogen and oxygen atoms in total. The third-order valence-corrected chi connectivity index (χ3v) is 3.97. The topological polar surface area (TPSA) is 71.7 Å². The normalized spacial score (nSPS) is 18.3. The second-order valence-corrected chi connectivity index (χ2v) is 7.23. The van der Waals surface area contributed by atoms with Gasteiger partial charge in [-0.25, -0.2) is 4.79 Å². The van der Waals surface area contributed by atoms with E-state index < -0.39 is 5.60 Å². The fourth-order valence-corrected chi connectivity index (χ4v) is 2.77. The Kier molecular flexibility index (Phi) is 4.65. The summed E-state index contributed by atoms with van der Waals surface area (Å²) in [6.07, 6.45) is -0.280. The molecule has 134 valence electrons. The highest BCUT2D eigenvalue weighted by atomic mass is 16.6. The van der Waals surface area contributed by atoms with Crippen LogP contribution >= 0.6 is 0 Å². The Morgan fingerprint density at radius 3 is 2.60 bits per heavy atom. The van der Waals surface area contributed by atoms with Crippen LogP contribution < -0.4 is 4.90 Å². The first-order valence-electron chi connectivity index (χ1n) is 8.47. The molecule has 0 radical (unpaired) electrons. The number of carbonyl (C=O) groups is 1. The Balaban J connectivity index is 1.65. The first kappa shape index (κ1) is 17.3. The van der Waals surface area contributed by atoms with Crippen LogP contribution in [0, 0.1) is 0 Å². The van der Waals surface area contributed by atoms with Crippen molar-refractivity contribution in [3.05, 3.63) is 30.3 Å². The summed E-state index contributed by atoms with van der Waals surface area (Å²) in [6.45, 7) is 9.44. The van der Waals surface area contributed by atoms with Crippen LogP contribution in [0.15, 0.2) is 34.9 Å². The monoisotopic (exact) mass is 344 g/mol. The fourth-order valence-electron chi connectivity index (χ4n) is 2.77. The minimum Gasteiger partial charge on any atom is -0.444 e. The van der Waals surface area contributed by atoms with Gasteiger partial charge in [-0.05, 0) is 45.0 Å². The smallest absolute Gasteiger partial charge is 0.410 e. The number of nitrogens with zero attached hydrogens (tertiary/aromatic N) is 4. The zero-order valence-corrected chi connectivity index (χ0v) is 15.1. The number of hydrogen-bond acceptors (Lipinski definition) is 6. The molecule has 1 fully saturated rings. The van der Waals surface area contributed by atoms with E-state index in [1.54, 1.807) is 4.90 Å². The number of hydrogen-bond donors (Lipinski definition) is 0. The van der Waals surface area contributed by atoms with E-state index in [4.69, 9.17) is 9.26 Å². The number of rotatable bonds is 2. The van der Waals surface area contributed by atoms with Gasteiger partial charge in [-0.3, -0.25) is 0 Å². The van der Waals surface area contributed by atoms with Gasteiger partial charge < -0.3 is 19.1 Å². The van der Waals surface area contributed by atoms with Gasteiger partial charge in [0.05, 0.1) is 0 Å². The SMILES string of the molecule is CC1CN(c2noc(-c3ccccc3)n2)CCN1C(=O)OC(C)(C)C. The molecular weight excluding hydrogens is 320 g/mol. The lowest BCUT2D eigenvalue weighted by Crippen LogP contribution is -2.55. The maximum absolute atomic E-state index is 12.3. The third kappa shape index (κ3) is 4.10. The fraction of sp³-hybridized carbons (Fsp3) is 0.500. The lowest BCUT2D eigenvalue weighted by Gasteiger charge is -2.39. The summed E-state index contributed by atoms with van der Waals surface area (Å²) in [5.74, 6) is 1.05. The van der Waals surface area contributed by atoms with E-state index >= 15 is 0 Å². The molecule has 1 aromatic heterocycles. The quantitative estimate of drug-likeness (QED) is 0.833. The standard InChI is InChI=1S/C18H24N4O3/c1-13-12-21(10-11-22(13)17(23)24-18(2,3)4)16-19-15(25-20-16)14-8-6-5-7-9-14/h5-9,13H,10-12H2,1-4H3. The van der Waals surface area contributed by atoms with Crippen molar-refractivity contribution in [3.8, 4) is 11.5 Å². The summed E-state index contributed by atoms with van der Waals surface area (Å²) < 4.78 is 10.8. The minimum absolute atomic E-state index is 0.00211. The molecule has 0 saturated carbocycles. The Bertz CT molecular complexity index is 723. The maximum atomic E-state index is 12.3. The number of anilines is 1. The van der Waals surface area contributed by atoms with Gasteiger partial charge in [-0.15, -0.1) is 0 Å². The molecule has 1 atom stereocenters. The van der Waals surface area contributed by atoms with Crippen LogP contribution in [0.5, 0.6) is 0 Å². The zero-order chi connectivity index (χ0) is 18.0. The van der Waals surface area contributed by atoms with Gasteiger partial charge >= 0.3 is 6.09 Å². The van der Waals surface area contributed by atoms with Crippen LogP contribution in [0.25, 0.3) is 11.5 Å². The van der Waals surface area contributed by atoms with Crippen LogP contribution in [0.4, 0.5) is 10.7 Å². The number of carbonyl (C=O) groups excluding carboxylic acids is 1. The largest absolute Gasteiger partial charge is 0.444 e. The van der Waals surface area contributed by atoms with Gasteiger partial charge in [0.1, 0.15) is 5.60 Å². The zero-order valence-electron chi connectivity index (χ0n) is 15.1. The van der Waals surface area contributed by atoms with Crippen molar-refractivity contribution in [2.75, 3.05) is 24.5 Å². The molecule has 1 unspecified atom stereocenters. The second kappa shape index (κ2) is 6.74. The number of piperazine rings is 1. The highest BCUT2D eigenvalue weighted by Crippen LogP contribution is 2.22. The average Bonchev–Trinajstić information content (AvgIpc) is 3.04. The van der Waals surface area contributed by atoms with Gasteiger partial charge in [-0.1, -0.05) is 18.2 Å². The molecule has 2 heterocycles. The molecule has 7 heteroatoms. The average molecular weight is 344 g/mol. The summed E-state index contributed by atoms with van der Waals surface area (Å²) in [5.41, 5.74) is 0.397. The first-order chi connectivity index (χ1) is 11.8. The number of benzene rings is 1.